The van der Waals surface area contributed by atoms with Gasteiger partial charge >= 0.3 is 0 Å². The Kier molecular flexibility index (Phi) is 5.61. The summed E-state index contributed by atoms with van der Waals surface area (Å²) in [7, 11) is 0. The molecule has 0 unspecified atom stereocenters. The number of rotatable bonds is 7. The monoisotopic (exact) mass is 398 g/mol. The van der Waals surface area contributed by atoms with Crippen LogP contribution < -0.4 is 10.2 Å². The summed E-state index contributed by atoms with van der Waals surface area (Å²) in [5, 5.41) is 17.1. The van der Waals surface area contributed by atoms with Crippen LogP contribution in [0.4, 0.5) is 11.5 Å². The molecule has 0 aliphatic rings. The van der Waals surface area contributed by atoms with E-state index in [2.05, 4.69) is 45.8 Å². The van der Waals surface area contributed by atoms with Crippen LogP contribution in [0.2, 0.25) is 0 Å². The van der Waals surface area contributed by atoms with Gasteiger partial charge < -0.3 is 4.74 Å². The van der Waals surface area contributed by atoms with Crippen molar-refractivity contribution in [1.82, 2.24) is 4.98 Å². The Morgan fingerprint density at radius 3 is 2.53 bits per heavy atom. The van der Waals surface area contributed by atoms with Gasteiger partial charge in [0.15, 0.2) is 0 Å². The smallest absolute Gasteiger partial charge is 0.287 e. The minimum Gasteiger partial charge on any atom is -0.489 e. The molecule has 0 saturated heterocycles. The quantitative estimate of drug-likeness (QED) is 0.264. The second-order valence-corrected chi connectivity index (χ2v) is 6.57. The lowest BCUT2D eigenvalue weighted by Crippen LogP contribution is -1.96. The molecule has 4 aromatic rings. The van der Waals surface area contributed by atoms with Crippen molar-refractivity contribution in [2.45, 2.75) is 6.61 Å². The zero-order valence-electron chi connectivity index (χ0n) is 15.9. The fourth-order valence-electron chi connectivity index (χ4n) is 2.88. The van der Waals surface area contributed by atoms with E-state index in [-0.39, 0.29) is 5.69 Å². The topological polar surface area (TPSA) is 89.7 Å². The van der Waals surface area contributed by atoms with E-state index >= 15 is 0 Å². The Balaban J connectivity index is 1.31. The molecule has 1 N–H and O–H groups in total. The van der Waals surface area contributed by atoms with Crippen LogP contribution in [0.3, 0.4) is 0 Å². The number of nitrogens with one attached hydrogen (secondary N) is 1. The van der Waals surface area contributed by atoms with Crippen molar-refractivity contribution in [2.24, 2.45) is 5.10 Å². The molecule has 1 heterocycles. The van der Waals surface area contributed by atoms with E-state index < -0.39 is 4.92 Å². The third-order valence-corrected chi connectivity index (χ3v) is 4.45. The molecule has 7 nitrogen and oxygen atoms in total. The molecule has 0 radical (unpaired) electrons. The summed E-state index contributed by atoms with van der Waals surface area (Å²) in [4.78, 5) is 14.1. The van der Waals surface area contributed by atoms with Crippen molar-refractivity contribution in [2.75, 3.05) is 5.43 Å². The number of anilines is 1. The van der Waals surface area contributed by atoms with Crippen LogP contribution in [0.1, 0.15) is 11.1 Å². The molecule has 148 valence electrons. The van der Waals surface area contributed by atoms with Crippen LogP contribution in [0.25, 0.3) is 10.8 Å². The lowest BCUT2D eigenvalue weighted by Gasteiger charge is -2.07. The molecule has 0 bridgehead atoms. The fourth-order valence-corrected chi connectivity index (χ4v) is 2.88. The summed E-state index contributed by atoms with van der Waals surface area (Å²) in [5.74, 6) is 1.19. The van der Waals surface area contributed by atoms with E-state index in [0.29, 0.717) is 12.4 Å². The number of ether oxygens (including phenoxy) is 1. The second kappa shape index (κ2) is 8.83. The van der Waals surface area contributed by atoms with Gasteiger partial charge in [-0.1, -0.05) is 36.4 Å². The molecule has 0 spiro atoms. The van der Waals surface area contributed by atoms with Gasteiger partial charge in [0, 0.05) is 6.07 Å². The normalized spacial score (nSPS) is 10.9. The molecule has 4 rings (SSSR count). The molecule has 0 saturated carbocycles. The molecule has 7 heteroatoms. The number of pyridine rings is 1. The first-order valence-electron chi connectivity index (χ1n) is 9.27. The number of hydrogen-bond donors (Lipinski definition) is 1. The van der Waals surface area contributed by atoms with Gasteiger partial charge in [-0.3, -0.25) is 15.5 Å². The maximum atomic E-state index is 10.6. The predicted octanol–water partition coefficient (Wildman–Crippen LogP) is 5.17. The predicted molar refractivity (Wildman–Crippen MR) is 117 cm³/mol. The zero-order chi connectivity index (χ0) is 20.8. The van der Waals surface area contributed by atoms with E-state index in [4.69, 9.17) is 4.74 Å². The van der Waals surface area contributed by atoms with Crippen LogP contribution in [0, 0.1) is 10.1 Å². The highest BCUT2D eigenvalue weighted by Crippen LogP contribution is 2.18. The first kappa shape index (κ1) is 19.1. The van der Waals surface area contributed by atoms with Gasteiger partial charge in [-0.05, 0) is 58.3 Å². The number of nitrogens with zero attached hydrogens (tertiary/aromatic N) is 3. The molecule has 0 aliphatic carbocycles. The third kappa shape index (κ3) is 4.77. The Bertz CT molecular complexity index is 1190. The number of aromatic nitrogens is 1. The molecule has 0 amide bonds. The van der Waals surface area contributed by atoms with Crippen molar-refractivity contribution >= 4 is 28.5 Å². The number of fused-ring (bicyclic) bond motifs is 1. The van der Waals surface area contributed by atoms with Crippen molar-refractivity contribution in [3.8, 4) is 5.75 Å². The highest BCUT2D eigenvalue weighted by atomic mass is 16.6. The van der Waals surface area contributed by atoms with Crippen molar-refractivity contribution in [3.63, 3.8) is 0 Å². The van der Waals surface area contributed by atoms with Gasteiger partial charge in [0.1, 0.15) is 24.4 Å². The average molecular weight is 398 g/mol. The van der Waals surface area contributed by atoms with Gasteiger partial charge in [0.05, 0.1) is 11.1 Å². The molecule has 3 aromatic carbocycles. The van der Waals surface area contributed by atoms with Crippen LogP contribution >= 0.6 is 0 Å². The Morgan fingerprint density at radius 2 is 1.80 bits per heavy atom. The van der Waals surface area contributed by atoms with Crippen molar-refractivity contribution in [3.05, 3.63) is 106 Å². The summed E-state index contributed by atoms with van der Waals surface area (Å²) in [6.45, 7) is 0.492. The number of nitro groups is 1. The summed E-state index contributed by atoms with van der Waals surface area (Å²) in [6, 6.07) is 25.0. The van der Waals surface area contributed by atoms with Crippen LogP contribution in [-0.2, 0) is 6.61 Å². The maximum absolute atomic E-state index is 10.6. The highest BCUT2D eigenvalue weighted by Gasteiger charge is 2.04. The first-order chi connectivity index (χ1) is 14.7. The van der Waals surface area contributed by atoms with E-state index in [1.165, 1.54) is 29.1 Å². The molecular formula is C23H18N4O3. The minimum atomic E-state index is -0.496. The molecule has 0 fully saturated rings. The van der Waals surface area contributed by atoms with E-state index in [1.807, 2.05) is 36.4 Å². The molecular weight excluding hydrogens is 380 g/mol. The largest absolute Gasteiger partial charge is 0.489 e. The van der Waals surface area contributed by atoms with Crippen molar-refractivity contribution in [1.29, 1.82) is 0 Å². The van der Waals surface area contributed by atoms with Crippen LogP contribution in [-0.4, -0.2) is 16.1 Å². The van der Waals surface area contributed by atoms with Crippen molar-refractivity contribution < 1.29 is 9.66 Å². The van der Waals surface area contributed by atoms with Gasteiger partial charge in [0.2, 0.25) is 0 Å². The van der Waals surface area contributed by atoms with Gasteiger partial charge in [0.25, 0.3) is 5.69 Å². The average Bonchev–Trinajstić information content (AvgIpc) is 2.79. The SMILES string of the molecule is O=[N+]([O-])c1ccc(NN=Cc2ccc(OCc3ccc4ccccc4c3)cc2)nc1. The maximum Gasteiger partial charge on any atom is 0.287 e. The molecule has 1 aromatic heterocycles. The summed E-state index contributed by atoms with van der Waals surface area (Å²) in [6.07, 6.45) is 2.82. The second-order valence-electron chi connectivity index (χ2n) is 6.57. The van der Waals surface area contributed by atoms with Gasteiger partial charge in [-0.25, -0.2) is 4.98 Å². The number of hydrogen-bond acceptors (Lipinski definition) is 6. The van der Waals surface area contributed by atoms with Gasteiger partial charge in [-0.2, -0.15) is 5.10 Å². The minimum absolute atomic E-state index is 0.0659. The first-order valence-corrected chi connectivity index (χ1v) is 9.27. The summed E-state index contributed by atoms with van der Waals surface area (Å²) < 4.78 is 5.88. The molecule has 30 heavy (non-hydrogen) atoms. The van der Waals surface area contributed by atoms with E-state index in [1.54, 1.807) is 6.21 Å². The van der Waals surface area contributed by atoms with Crippen LogP contribution in [0.15, 0.2) is 90.2 Å². The number of benzene rings is 3. The Morgan fingerprint density at radius 1 is 1.00 bits per heavy atom. The van der Waals surface area contributed by atoms with Crippen LogP contribution in [0.5, 0.6) is 5.75 Å². The van der Waals surface area contributed by atoms with E-state index in [9.17, 15) is 10.1 Å². The highest BCUT2D eigenvalue weighted by molar-refractivity contribution is 5.83. The Labute approximate surface area is 172 Å². The Hall–Kier alpha value is -4.26. The van der Waals surface area contributed by atoms with Gasteiger partial charge in [-0.15, -0.1) is 0 Å². The lowest BCUT2D eigenvalue weighted by molar-refractivity contribution is -0.385. The number of hydrazone groups is 1. The molecule has 0 atom stereocenters. The molecule has 0 aliphatic heterocycles. The third-order valence-electron chi connectivity index (χ3n) is 4.45. The lowest BCUT2D eigenvalue weighted by atomic mass is 10.1. The zero-order valence-corrected chi connectivity index (χ0v) is 15.9. The fraction of sp³-hybridized carbons (Fsp3) is 0.0435. The summed E-state index contributed by atoms with van der Waals surface area (Å²) in [5.41, 5.74) is 4.66. The standard InChI is InChI=1S/C23H18N4O3/c28-27(29)21-9-12-23(24-15-21)26-25-14-17-6-10-22(11-7-17)30-16-18-5-8-19-3-1-2-4-20(19)13-18/h1-15H,16H2,(H,24,26). The summed E-state index contributed by atoms with van der Waals surface area (Å²) >= 11 is 0. The van der Waals surface area contributed by atoms with E-state index in [0.717, 1.165) is 16.9 Å².